The number of carbonyl (C=O) groups excluding carboxylic acids is 1. The molecule has 0 aliphatic heterocycles. The zero-order chi connectivity index (χ0) is 17.8. The van der Waals surface area contributed by atoms with E-state index in [4.69, 9.17) is 4.42 Å². The van der Waals surface area contributed by atoms with E-state index in [-0.39, 0.29) is 24.4 Å². The molecule has 0 unspecified atom stereocenters. The van der Waals surface area contributed by atoms with Gasteiger partial charge < -0.3 is 4.42 Å². The van der Waals surface area contributed by atoms with Crippen LogP contribution in [0.2, 0.25) is 0 Å². The lowest BCUT2D eigenvalue weighted by Gasteiger charge is -2.07. The molecule has 0 fully saturated rings. The highest BCUT2D eigenvalue weighted by molar-refractivity contribution is 5.90. The number of hydrogen-bond donors (Lipinski definition) is 1. The summed E-state index contributed by atoms with van der Waals surface area (Å²) in [6, 6.07) is 10.0. The highest BCUT2D eigenvalue weighted by atomic mass is 16.4. The van der Waals surface area contributed by atoms with Crippen molar-refractivity contribution in [2.75, 3.05) is 5.32 Å². The van der Waals surface area contributed by atoms with Crippen LogP contribution in [-0.4, -0.2) is 25.9 Å². The van der Waals surface area contributed by atoms with Gasteiger partial charge in [-0.05, 0) is 37.5 Å². The second-order valence-electron chi connectivity index (χ2n) is 6.06. The van der Waals surface area contributed by atoms with Crippen molar-refractivity contribution in [3.8, 4) is 11.6 Å². The van der Waals surface area contributed by atoms with Crippen LogP contribution in [0.25, 0.3) is 11.6 Å². The quantitative estimate of drug-likeness (QED) is 0.745. The van der Waals surface area contributed by atoms with Crippen LogP contribution in [0.3, 0.4) is 0 Å². The van der Waals surface area contributed by atoms with Crippen molar-refractivity contribution in [3.63, 3.8) is 0 Å². The Labute approximate surface area is 146 Å². The molecule has 7 heteroatoms. The fourth-order valence-corrected chi connectivity index (χ4v) is 2.51. The average molecular weight is 339 g/mol. The molecule has 2 heterocycles. The Kier molecular flexibility index (Phi) is 4.92. The van der Waals surface area contributed by atoms with Crippen molar-refractivity contribution in [1.29, 1.82) is 0 Å². The molecule has 0 atom stereocenters. The third-order valence-corrected chi connectivity index (χ3v) is 3.85. The van der Waals surface area contributed by atoms with Crippen LogP contribution in [0.5, 0.6) is 0 Å². The molecule has 25 heavy (non-hydrogen) atoms. The van der Waals surface area contributed by atoms with Gasteiger partial charge in [0.05, 0.1) is 6.42 Å². The molecule has 0 aliphatic carbocycles. The molecule has 3 aromatic rings. The number of aryl methyl sites for hydroxylation is 1. The van der Waals surface area contributed by atoms with Gasteiger partial charge in [-0.15, -0.1) is 5.10 Å². The molecule has 0 aliphatic rings. The van der Waals surface area contributed by atoms with Crippen LogP contribution in [0.4, 0.5) is 6.01 Å². The van der Waals surface area contributed by atoms with Gasteiger partial charge in [-0.25, -0.2) is 0 Å². The summed E-state index contributed by atoms with van der Waals surface area (Å²) in [6.07, 6.45) is 2.91. The Balaban J connectivity index is 1.66. The number of benzene rings is 1. The summed E-state index contributed by atoms with van der Waals surface area (Å²) in [5, 5.41) is 14.8. The highest BCUT2D eigenvalue weighted by Crippen LogP contribution is 2.22. The van der Waals surface area contributed by atoms with Crippen molar-refractivity contribution in [2.45, 2.75) is 39.7 Å². The van der Waals surface area contributed by atoms with Crippen LogP contribution >= 0.6 is 0 Å². The number of anilines is 1. The van der Waals surface area contributed by atoms with Crippen molar-refractivity contribution in [1.82, 2.24) is 20.0 Å². The zero-order valence-corrected chi connectivity index (χ0v) is 14.6. The van der Waals surface area contributed by atoms with Crippen molar-refractivity contribution in [3.05, 3.63) is 47.7 Å². The lowest BCUT2D eigenvalue weighted by Crippen LogP contribution is -2.14. The van der Waals surface area contributed by atoms with Gasteiger partial charge in [-0.3, -0.25) is 14.8 Å². The lowest BCUT2D eigenvalue weighted by atomic mass is 10.1. The minimum absolute atomic E-state index is 0.0849. The van der Waals surface area contributed by atoms with Gasteiger partial charge in [-0.2, -0.15) is 5.10 Å². The first kappa shape index (κ1) is 16.9. The van der Waals surface area contributed by atoms with E-state index >= 15 is 0 Å². The minimum atomic E-state index is -0.197. The van der Waals surface area contributed by atoms with Crippen molar-refractivity contribution >= 4 is 11.9 Å². The Morgan fingerprint density at radius 1 is 1.16 bits per heavy atom. The summed E-state index contributed by atoms with van der Waals surface area (Å²) in [7, 11) is 0. The molecule has 1 N–H and O–H groups in total. The molecule has 0 saturated carbocycles. The minimum Gasteiger partial charge on any atom is -0.401 e. The second-order valence-corrected chi connectivity index (χ2v) is 6.06. The van der Waals surface area contributed by atoms with Crippen LogP contribution in [0.15, 0.2) is 40.9 Å². The number of carbonyl (C=O) groups is 1. The maximum atomic E-state index is 12.2. The smallest absolute Gasteiger partial charge is 0.322 e. The second kappa shape index (κ2) is 7.29. The monoisotopic (exact) mass is 339 g/mol. The molecule has 0 saturated heterocycles. The van der Waals surface area contributed by atoms with Crippen LogP contribution in [0, 0.1) is 0 Å². The fourth-order valence-electron chi connectivity index (χ4n) is 2.51. The van der Waals surface area contributed by atoms with Gasteiger partial charge >= 0.3 is 6.01 Å². The number of aromatic nitrogens is 4. The third kappa shape index (κ3) is 3.93. The van der Waals surface area contributed by atoms with E-state index in [0.717, 1.165) is 17.7 Å². The van der Waals surface area contributed by atoms with Gasteiger partial charge in [0.1, 0.15) is 5.69 Å². The van der Waals surface area contributed by atoms with Gasteiger partial charge in [0.15, 0.2) is 0 Å². The van der Waals surface area contributed by atoms with E-state index in [1.807, 2.05) is 38.1 Å². The van der Waals surface area contributed by atoms with E-state index in [2.05, 4.69) is 27.5 Å². The Bertz CT molecular complexity index is 848. The highest BCUT2D eigenvalue weighted by Gasteiger charge is 2.16. The number of nitrogens with one attached hydrogen (secondary N) is 1. The molecule has 3 rings (SSSR count). The molecular weight excluding hydrogens is 318 g/mol. The summed E-state index contributed by atoms with van der Waals surface area (Å²) in [5.74, 6) is 0.130. The van der Waals surface area contributed by atoms with E-state index < -0.39 is 0 Å². The molecule has 1 amide bonds. The third-order valence-electron chi connectivity index (χ3n) is 3.85. The van der Waals surface area contributed by atoms with Gasteiger partial charge in [0.25, 0.3) is 5.89 Å². The first-order chi connectivity index (χ1) is 12.1. The molecule has 0 spiro atoms. The Hall–Kier alpha value is -2.96. The molecule has 130 valence electrons. The van der Waals surface area contributed by atoms with E-state index in [9.17, 15) is 4.79 Å². The predicted molar refractivity (Wildman–Crippen MR) is 94.1 cm³/mol. The van der Waals surface area contributed by atoms with Crippen molar-refractivity contribution in [2.24, 2.45) is 0 Å². The maximum Gasteiger partial charge on any atom is 0.322 e. The van der Waals surface area contributed by atoms with Crippen LogP contribution in [0.1, 0.15) is 37.9 Å². The fraction of sp³-hybridized carbons (Fsp3) is 0.333. The molecule has 0 radical (unpaired) electrons. The topological polar surface area (TPSA) is 85.8 Å². The average Bonchev–Trinajstić information content (AvgIpc) is 3.24. The Morgan fingerprint density at radius 3 is 2.56 bits per heavy atom. The first-order valence-electron chi connectivity index (χ1n) is 8.32. The van der Waals surface area contributed by atoms with Crippen LogP contribution in [-0.2, 0) is 17.6 Å². The first-order valence-corrected chi connectivity index (χ1v) is 8.32. The maximum absolute atomic E-state index is 12.2. The summed E-state index contributed by atoms with van der Waals surface area (Å²) in [4.78, 5) is 12.2. The van der Waals surface area contributed by atoms with E-state index in [1.54, 1.807) is 16.9 Å². The van der Waals surface area contributed by atoms with E-state index in [1.165, 1.54) is 5.56 Å². The number of nitrogens with zero attached hydrogens (tertiary/aromatic N) is 4. The summed E-state index contributed by atoms with van der Waals surface area (Å²) in [5.41, 5.74) is 2.90. The number of amides is 1. The molecule has 0 bridgehead atoms. The summed E-state index contributed by atoms with van der Waals surface area (Å²) < 4.78 is 7.33. The predicted octanol–water partition coefficient (Wildman–Crippen LogP) is 3.26. The summed E-state index contributed by atoms with van der Waals surface area (Å²) >= 11 is 0. The zero-order valence-electron chi connectivity index (χ0n) is 14.6. The molecule has 1 aromatic carbocycles. The molecule has 7 nitrogen and oxygen atoms in total. The van der Waals surface area contributed by atoms with E-state index in [0.29, 0.717) is 5.89 Å². The lowest BCUT2D eigenvalue weighted by molar-refractivity contribution is -0.115. The molecule has 2 aromatic heterocycles. The van der Waals surface area contributed by atoms with Gasteiger partial charge in [0.2, 0.25) is 5.91 Å². The number of rotatable bonds is 6. The van der Waals surface area contributed by atoms with Crippen molar-refractivity contribution < 1.29 is 9.21 Å². The van der Waals surface area contributed by atoms with Crippen LogP contribution < -0.4 is 5.32 Å². The standard InChI is InChI=1S/C18H21N5O2/c1-4-13-5-7-14(8-6-13)11-16(24)20-18-22-21-17(25-18)15-9-10-19-23(15)12(2)3/h5-10,12H,4,11H2,1-3H3,(H,20,22,24). The summed E-state index contributed by atoms with van der Waals surface area (Å²) in [6.45, 7) is 6.12. The Morgan fingerprint density at radius 2 is 1.88 bits per heavy atom. The molecular formula is C18H21N5O2. The SMILES string of the molecule is CCc1ccc(CC(=O)Nc2nnc(-c3ccnn3C(C)C)o2)cc1. The van der Waals surface area contributed by atoms with Gasteiger partial charge in [0, 0.05) is 12.2 Å². The normalized spacial score (nSPS) is 11.0. The van der Waals surface area contributed by atoms with Gasteiger partial charge in [-0.1, -0.05) is 36.3 Å². The number of hydrogen-bond acceptors (Lipinski definition) is 5. The largest absolute Gasteiger partial charge is 0.401 e.